The molecule has 0 radical (unpaired) electrons. The molecule has 132 valence electrons. The molecule has 25 heavy (non-hydrogen) atoms. The van der Waals surface area contributed by atoms with Crippen molar-refractivity contribution < 1.29 is 14.3 Å². The van der Waals surface area contributed by atoms with Crippen LogP contribution in [0.4, 0.5) is 0 Å². The first kappa shape index (κ1) is 18.6. The van der Waals surface area contributed by atoms with E-state index in [4.69, 9.17) is 0 Å². The number of amides is 1. The third-order valence-electron chi connectivity index (χ3n) is 3.94. The minimum Gasteiger partial charge on any atom is -0.469 e. The lowest BCUT2D eigenvalue weighted by Crippen LogP contribution is -2.16. The summed E-state index contributed by atoms with van der Waals surface area (Å²) < 4.78 is 4.58. The van der Waals surface area contributed by atoms with E-state index in [1.807, 2.05) is 36.4 Å². The number of carbonyl (C=O) groups excluding carboxylic acids is 2. The van der Waals surface area contributed by atoms with Crippen molar-refractivity contribution in [3.05, 3.63) is 48.0 Å². The highest BCUT2D eigenvalue weighted by Crippen LogP contribution is 2.14. The Bertz CT molecular complexity index is 741. The van der Waals surface area contributed by atoms with E-state index in [1.165, 1.54) is 12.5 Å². The van der Waals surface area contributed by atoms with Crippen LogP contribution in [-0.4, -0.2) is 25.2 Å². The predicted molar refractivity (Wildman–Crippen MR) is 99.4 cm³/mol. The Hall–Kier alpha value is -2.69. The Labute approximate surface area is 148 Å². The molecule has 0 aliphatic carbocycles. The number of fused-ring (bicyclic) bond motifs is 1. The van der Waals surface area contributed by atoms with Crippen LogP contribution in [0.15, 0.2) is 47.6 Å². The molecule has 2 aromatic rings. The molecule has 1 N–H and O–H groups in total. The Morgan fingerprint density at radius 3 is 2.48 bits per heavy atom. The Morgan fingerprint density at radius 1 is 1.00 bits per heavy atom. The lowest BCUT2D eigenvalue weighted by atomic mass is 10.1. The standard InChI is InChI=1S/C20H24N2O3/c1-25-20(24)11-5-3-2-4-10-19(23)22-21-15-16-12-13-17-8-6-7-9-18(17)14-16/h6-9,12-15H,2-5,10-11H2,1H3,(H,22,23)/b21-15+. The normalized spacial score (nSPS) is 10.9. The fraction of sp³-hybridized carbons (Fsp3) is 0.350. The molecule has 5 nitrogen and oxygen atoms in total. The van der Waals surface area contributed by atoms with Gasteiger partial charge in [-0.05, 0) is 35.2 Å². The van der Waals surface area contributed by atoms with Gasteiger partial charge in [0.15, 0.2) is 0 Å². The third-order valence-corrected chi connectivity index (χ3v) is 3.94. The number of hydrazone groups is 1. The van der Waals surface area contributed by atoms with Crippen LogP contribution in [0.5, 0.6) is 0 Å². The first-order valence-corrected chi connectivity index (χ1v) is 8.56. The molecule has 0 spiro atoms. The number of esters is 1. The van der Waals surface area contributed by atoms with Gasteiger partial charge >= 0.3 is 5.97 Å². The zero-order valence-electron chi connectivity index (χ0n) is 14.5. The molecule has 0 atom stereocenters. The summed E-state index contributed by atoms with van der Waals surface area (Å²) in [4.78, 5) is 22.7. The first-order chi connectivity index (χ1) is 12.2. The minimum absolute atomic E-state index is 0.0926. The maximum atomic E-state index is 11.7. The SMILES string of the molecule is COC(=O)CCCCCCC(=O)N/N=C/c1ccc2ccccc2c1. The molecule has 2 aromatic carbocycles. The van der Waals surface area contributed by atoms with Crippen LogP contribution in [0.1, 0.15) is 44.1 Å². The summed E-state index contributed by atoms with van der Waals surface area (Å²) in [6, 6.07) is 14.1. The summed E-state index contributed by atoms with van der Waals surface area (Å²) in [5.74, 6) is -0.272. The molecule has 0 aromatic heterocycles. The summed E-state index contributed by atoms with van der Waals surface area (Å²) in [6.45, 7) is 0. The number of nitrogens with zero attached hydrogens (tertiary/aromatic N) is 1. The van der Waals surface area contributed by atoms with Crippen LogP contribution in [0, 0.1) is 0 Å². The second-order valence-electron chi connectivity index (χ2n) is 5.89. The highest BCUT2D eigenvalue weighted by atomic mass is 16.5. The number of methoxy groups -OCH3 is 1. The van der Waals surface area contributed by atoms with Gasteiger partial charge in [-0.3, -0.25) is 9.59 Å². The van der Waals surface area contributed by atoms with E-state index in [-0.39, 0.29) is 11.9 Å². The largest absolute Gasteiger partial charge is 0.469 e. The van der Waals surface area contributed by atoms with Crippen molar-refractivity contribution in [2.75, 3.05) is 7.11 Å². The average Bonchev–Trinajstić information content (AvgIpc) is 2.64. The van der Waals surface area contributed by atoms with Gasteiger partial charge in [-0.2, -0.15) is 5.10 Å². The molecule has 0 fully saturated rings. The zero-order chi connectivity index (χ0) is 17.9. The smallest absolute Gasteiger partial charge is 0.305 e. The first-order valence-electron chi connectivity index (χ1n) is 8.56. The van der Waals surface area contributed by atoms with E-state index in [0.717, 1.165) is 36.6 Å². The Morgan fingerprint density at radius 2 is 1.72 bits per heavy atom. The molecule has 0 aliphatic rings. The van der Waals surface area contributed by atoms with Crippen LogP contribution in [-0.2, 0) is 14.3 Å². The second-order valence-corrected chi connectivity index (χ2v) is 5.89. The third kappa shape index (κ3) is 6.75. The number of nitrogens with one attached hydrogen (secondary N) is 1. The molecular formula is C20H24N2O3. The van der Waals surface area contributed by atoms with Gasteiger partial charge in [0.25, 0.3) is 0 Å². The monoisotopic (exact) mass is 340 g/mol. The van der Waals surface area contributed by atoms with Crippen molar-refractivity contribution in [3.63, 3.8) is 0 Å². The van der Waals surface area contributed by atoms with Crippen LogP contribution in [0.3, 0.4) is 0 Å². The van der Waals surface area contributed by atoms with Gasteiger partial charge in [0, 0.05) is 12.8 Å². The van der Waals surface area contributed by atoms with Gasteiger partial charge in [0.2, 0.25) is 5.91 Å². The Kier molecular flexibility index (Phi) is 7.63. The summed E-state index contributed by atoms with van der Waals surface area (Å²) >= 11 is 0. The highest BCUT2D eigenvalue weighted by molar-refractivity contribution is 5.90. The predicted octanol–water partition coefficient (Wildman–Crippen LogP) is 3.80. The van der Waals surface area contributed by atoms with Crippen molar-refractivity contribution >= 4 is 28.9 Å². The van der Waals surface area contributed by atoms with Gasteiger partial charge in [0.1, 0.15) is 0 Å². The van der Waals surface area contributed by atoms with Crippen molar-refractivity contribution in [1.29, 1.82) is 0 Å². The van der Waals surface area contributed by atoms with Crippen LogP contribution in [0.2, 0.25) is 0 Å². The summed E-state index contributed by atoms with van der Waals surface area (Å²) in [5.41, 5.74) is 3.50. The fourth-order valence-corrected chi connectivity index (χ4v) is 2.53. The van der Waals surface area contributed by atoms with E-state index in [2.05, 4.69) is 21.3 Å². The van der Waals surface area contributed by atoms with Gasteiger partial charge in [-0.1, -0.05) is 49.2 Å². The van der Waals surface area contributed by atoms with Gasteiger partial charge in [-0.15, -0.1) is 0 Å². The van der Waals surface area contributed by atoms with Crippen LogP contribution < -0.4 is 5.43 Å². The van der Waals surface area contributed by atoms with Crippen molar-refractivity contribution in [3.8, 4) is 0 Å². The fourth-order valence-electron chi connectivity index (χ4n) is 2.53. The van der Waals surface area contributed by atoms with Gasteiger partial charge in [-0.25, -0.2) is 5.43 Å². The van der Waals surface area contributed by atoms with E-state index < -0.39 is 0 Å². The molecule has 2 rings (SSSR count). The quantitative estimate of drug-likeness (QED) is 0.327. The van der Waals surface area contributed by atoms with Crippen molar-refractivity contribution in [2.45, 2.75) is 38.5 Å². The number of unbranched alkanes of at least 4 members (excludes halogenated alkanes) is 3. The summed E-state index contributed by atoms with van der Waals surface area (Å²) in [5, 5.41) is 6.33. The molecule has 0 bridgehead atoms. The van der Waals surface area contributed by atoms with E-state index >= 15 is 0 Å². The number of carbonyl (C=O) groups is 2. The summed E-state index contributed by atoms with van der Waals surface area (Å²) in [6.07, 6.45) is 5.96. The number of hydrogen-bond acceptors (Lipinski definition) is 4. The molecular weight excluding hydrogens is 316 g/mol. The molecule has 0 saturated carbocycles. The molecule has 1 amide bonds. The lowest BCUT2D eigenvalue weighted by Gasteiger charge is -2.02. The molecule has 0 saturated heterocycles. The number of ether oxygens (including phenoxy) is 1. The van der Waals surface area contributed by atoms with E-state index in [0.29, 0.717) is 12.8 Å². The molecule has 5 heteroatoms. The highest BCUT2D eigenvalue weighted by Gasteiger charge is 2.02. The Balaban J connectivity index is 1.65. The molecule has 0 heterocycles. The average molecular weight is 340 g/mol. The molecule has 0 aliphatic heterocycles. The van der Waals surface area contributed by atoms with Crippen LogP contribution >= 0.6 is 0 Å². The van der Waals surface area contributed by atoms with Gasteiger partial charge in [0.05, 0.1) is 13.3 Å². The van der Waals surface area contributed by atoms with E-state index in [1.54, 1.807) is 6.21 Å². The second kappa shape index (κ2) is 10.2. The van der Waals surface area contributed by atoms with Crippen LogP contribution in [0.25, 0.3) is 10.8 Å². The number of benzene rings is 2. The maximum absolute atomic E-state index is 11.7. The number of rotatable bonds is 9. The van der Waals surface area contributed by atoms with E-state index in [9.17, 15) is 9.59 Å². The minimum atomic E-state index is -0.180. The van der Waals surface area contributed by atoms with Crippen molar-refractivity contribution in [2.24, 2.45) is 5.10 Å². The van der Waals surface area contributed by atoms with Gasteiger partial charge < -0.3 is 4.74 Å². The maximum Gasteiger partial charge on any atom is 0.305 e. The zero-order valence-corrected chi connectivity index (χ0v) is 14.5. The lowest BCUT2D eigenvalue weighted by molar-refractivity contribution is -0.140. The topological polar surface area (TPSA) is 67.8 Å². The molecule has 0 unspecified atom stereocenters. The summed E-state index contributed by atoms with van der Waals surface area (Å²) in [7, 11) is 1.39. The number of hydrogen-bond donors (Lipinski definition) is 1. The van der Waals surface area contributed by atoms with Crippen molar-refractivity contribution in [1.82, 2.24) is 5.43 Å².